The molecule has 3 heteroatoms. The highest BCUT2D eigenvalue weighted by atomic mass is 16.3. The highest BCUT2D eigenvalue weighted by Gasteiger charge is 2.25. The lowest BCUT2D eigenvalue weighted by Gasteiger charge is -2.16. The number of likely N-dealkylation sites (tertiary alicyclic amines) is 1. The van der Waals surface area contributed by atoms with Crippen molar-refractivity contribution in [2.45, 2.75) is 25.9 Å². The molecule has 88 valence electrons. The summed E-state index contributed by atoms with van der Waals surface area (Å²) >= 11 is 0. The first-order valence-corrected chi connectivity index (χ1v) is 6.06. The van der Waals surface area contributed by atoms with E-state index in [4.69, 9.17) is 0 Å². The molecule has 0 spiro atoms. The van der Waals surface area contributed by atoms with Crippen LogP contribution >= 0.6 is 0 Å². The van der Waals surface area contributed by atoms with Gasteiger partial charge in [-0.15, -0.1) is 0 Å². The van der Waals surface area contributed by atoms with Crippen LogP contribution in [0.5, 0.6) is 0 Å². The fourth-order valence-electron chi connectivity index (χ4n) is 2.28. The quantitative estimate of drug-likeness (QED) is 0.831. The van der Waals surface area contributed by atoms with Crippen molar-refractivity contribution in [1.29, 1.82) is 0 Å². The molecule has 1 aromatic heterocycles. The predicted octanol–water partition coefficient (Wildman–Crippen LogP) is 1.33. The molecule has 2 heterocycles. The number of aromatic nitrogens is 1. The second-order valence-electron chi connectivity index (χ2n) is 4.66. The minimum absolute atomic E-state index is 0.167. The molecule has 0 saturated carbocycles. The summed E-state index contributed by atoms with van der Waals surface area (Å²) in [5.41, 5.74) is 1.16. The molecule has 0 aromatic carbocycles. The van der Waals surface area contributed by atoms with Crippen LogP contribution in [0.1, 0.15) is 19.0 Å². The zero-order valence-corrected chi connectivity index (χ0v) is 9.84. The fourth-order valence-corrected chi connectivity index (χ4v) is 2.28. The van der Waals surface area contributed by atoms with E-state index >= 15 is 0 Å². The molecule has 0 aliphatic carbocycles. The first-order valence-electron chi connectivity index (χ1n) is 6.06. The average molecular weight is 220 g/mol. The van der Waals surface area contributed by atoms with Gasteiger partial charge in [-0.25, -0.2) is 0 Å². The van der Waals surface area contributed by atoms with E-state index in [2.05, 4.69) is 16.0 Å². The van der Waals surface area contributed by atoms with Crippen molar-refractivity contribution < 1.29 is 5.11 Å². The van der Waals surface area contributed by atoms with Crippen molar-refractivity contribution in [3.8, 4) is 0 Å². The van der Waals surface area contributed by atoms with Crippen LogP contribution in [-0.2, 0) is 6.42 Å². The van der Waals surface area contributed by atoms with Gasteiger partial charge in [0.25, 0.3) is 0 Å². The van der Waals surface area contributed by atoms with Crippen LogP contribution in [0.25, 0.3) is 0 Å². The molecule has 2 rings (SSSR count). The molecule has 1 aliphatic rings. The Morgan fingerprint density at radius 3 is 3.06 bits per heavy atom. The van der Waals surface area contributed by atoms with Gasteiger partial charge in [0.15, 0.2) is 0 Å². The number of rotatable bonds is 4. The SMILES string of the molecule is CC(O)C1CCN(CCc2ccccn2)C1. The second-order valence-corrected chi connectivity index (χ2v) is 4.66. The van der Waals surface area contributed by atoms with Crippen LogP contribution < -0.4 is 0 Å². The zero-order valence-electron chi connectivity index (χ0n) is 9.84. The van der Waals surface area contributed by atoms with Crippen molar-refractivity contribution in [3.63, 3.8) is 0 Å². The standard InChI is InChI=1S/C13H20N2O/c1-11(16)12-5-8-15(10-12)9-6-13-4-2-3-7-14-13/h2-4,7,11-12,16H,5-6,8-10H2,1H3. The van der Waals surface area contributed by atoms with Gasteiger partial charge in [0.1, 0.15) is 0 Å². The maximum Gasteiger partial charge on any atom is 0.0552 e. The third kappa shape index (κ3) is 3.03. The Balaban J connectivity index is 1.76. The Bertz CT molecular complexity index is 313. The number of hydrogen-bond acceptors (Lipinski definition) is 3. The van der Waals surface area contributed by atoms with E-state index in [0.717, 1.165) is 38.2 Å². The van der Waals surface area contributed by atoms with Gasteiger partial charge in [-0.1, -0.05) is 6.07 Å². The van der Waals surface area contributed by atoms with E-state index in [1.54, 1.807) is 0 Å². The molecular formula is C13H20N2O. The van der Waals surface area contributed by atoms with Gasteiger partial charge in [0.05, 0.1) is 6.10 Å². The summed E-state index contributed by atoms with van der Waals surface area (Å²) in [5, 5.41) is 9.52. The summed E-state index contributed by atoms with van der Waals surface area (Å²) in [5.74, 6) is 0.462. The molecule has 0 amide bonds. The smallest absolute Gasteiger partial charge is 0.0552 e. The molecule has 3 nitrogen and oxygen atoms in total. The molecule has 16 heavy (non-hydrogen) atoms. The van der Waals surface area contributed by atoms with Gasteiger partial charge in [0.2, 0.25) is 0 Å². The first kappa shape index (κ1) is 11.6. The van der Waals surface area contributed by atoms with Crippen molar-refractivity contribution in [3.05, 3.63) is 30.1 Å². The summed E-state index contributed by atoms with van der Waals surface area (Å²) in [7, 11) is 0. The van der Waals surface area contributed by atoms with Crippen LogP contribution in [0, 0.1) is 5.92 Å². The van der Waals surface area contributed by atoms with Gasteiger partial charge in [-0.3, -0.25) is 4.98 Å². The summed E-state index contributed by atoms with van der Waals surface area (Å²) in [6, 6.07) is 6.05. The number of aliphatic hydroxyl groups is 1. The molecule has 2 unspecified atom stereocenters. The van der Waals surface area contributed by atoms with E-state index in [9.17, 15) is 5.11 Å². The van der Waals surface area contributed by atoms with E-state index < -0.39 is 0 Å². The van der Waals surface area contributed by atoms with Gasteiger partial charge in [-0.2, -0.15) is 0 Å². The topological polar surface area (TPSA) is 36.4 Å². The lowest BCUT2D eigenvalue weighted by molar-refractivity contribution is 0.128. The molecule has 1 N–H and O–H groups in total. The molecular weight excluding hydrogens is 200 g/mol. The van der Waals surface area contributed by atoms with E-state index in [0.29, 0.717) is 5.92 Å². The summed E-state index contributed by atoms with van der Waals surface area (Å²) in [4.78, 5) is 6.74. The Morgan fingerprint density at radius 2 is 2.44 bits per heavy atom. The number of nitrogens with zero attached hydrogens (tertiary/aromatic N) is 2. The van der Waals surface area contributed by atoms with Crippen molar-refractivity contribution in [1.82, 2.24) is 9.88 Å². The molecule has 1 aromatic rings. The monoisotopic (exact) mass is 220 g/mol. The Morgan fingerprint density at radius 1 is 1.56 bits per heavy atom. The van der Waals surface area contributed by atoms with Crippen molar-refractivity contribution >= 4 is 0 Å². The summed E-state index contributed by atoms with van der Waals surface area (Å²) in [6.07, 6.45) is 3.81. The molecule has 1 saturated heterocycles. The van der Waals surface area contributed by atoms with E-state index in [-0.39, 0.29) is 6.10 Å². The van der Waals surface area contributed by atoms with E-state index in [1.807, 2.05) is 25.3 Å². The highest BCUT2D eigenvalue weighted by Crippen LogP contribution is 2.19. The number of aliphatic hydroxyl groups excluding tert-OH is 1. The largest absolute Gasteiger partial charge is 0.393 e. The van der Waals surface area contributed by atoms with Crippen LogP contribution in [0.4, 0.5) is 0 Å². The summed E-state index contributed by atoms with van der Waals surface area (Å²) in [6.45, 7) is 5.10. The third-order valence-corrected chi connectivity index (χ3v) is 3.40. The second kappa shape index (κ2) is 5.41. The fraction of sp³-hybridized carbons (Fsp3) is 0.615. The predicted molar refractivity (Wildman–Crippen MR) is 64.2 cm³/mol. The third-order valence-electron chi connectivity index (χ3n) is 3.40. The van der Waals surface area contributed by atoms with Gasteiger partial charge >= 0.3 is 0 Å². The number of hydrogen-bond donors (Lipinski definition) is 1. The minimum Gasteiger partial charge on any atom is -0.393 e. The van der Waals surface area contributed by atoms with E-state index in [1.165, 1.54) is 0 Å². The van der Waals surface area contributed by atoms with Crippen molar-refractivity contribution in [2.75, 3.05) is 19.6 Å². The van der Waals surface area contributed by atoms with Crippen molar-refractivity contribution in [2.24, 2.45) is 5.92 Å². The first-order chi connectivity index (χ1) is 7.75. The number of pyridine rings is 1. The lowest BCUT2D eigenvalue weighted by Crippen LogP contribution is -2.26. The zero-order chi connectivity index (χ0) is 11.4. The molecule has 1 fully saturated rings. The van der Waals surface area contributed by atoms with Crippen LogP contribution in [0.15, 0.2) is 24.4 Å². The van der Waals surface area contributed by atoms with Gasteiger partial charge in [0, 0.05) is 31.4 Å². The Labute approximate surface area is 97.1 Å². The molecule has 1 aliphatic heterocycles. The van der Waals surface area contributed by atoms with Crippen LogP contribution in [0.3, 0.4) is 0 Å². The lowest BCUT2D eigenvalue weighted by atomic mass is 10.0. The van der Waals surface area contributed by atoms with Crippen LogP contribution in [-0.4, -0.2) is 40.7 Å². The molecule has 0 radical (unpaired) electrons. The maximum absolute atomic E-state index is 9.52. The normalized spacial score (nSPS) is 23.5. The van der Waals surface area contributed by atoms with Crippen LogP contribution in [0.2, 0.25) is 0 Å². The Kier molecular flexibility index (Phi) is 3.91. The Hall–Kier alpha value is -0.930. The molecule has 2 atom stereocenters. The highest BCUT2D eigenvalue weighted by molar-refractivity contribution is 5.03. The molecule has 0 bridgehead atoms. The van der Waals surface area contributed by atoms with Gasteiger partial charge < -0.3 is 10.0 Å². The average Bonchev–Trinajstić information content (AvgIpc) is 2.76. The van der Waals surface area contributed by atoms with Gasteiger partial charge in [-0.05, 0) is 37.9 Å². The maximum atomic E-state index is 9.52. The summed E-state index contributed by atoms with van der Waals surface area (Å²) < 4.78 is 0. The minimum atomic E-state index is -0.167.